The summed E-state index contributed by atoms with van der Waals surface area (Å²) >= 11 is 11.9. The van der Waals surface area contributed by atoms with E-state index in [9.17, 15) is 4.79 Å². The van der Waals surface area contributed by atoms with Crippen LogP contribution in [-0.4, -0.2) is 62.0 Å². The van der Waals surface area contributed by atoms with E-state index in [-0.39, 0.29) is 5.91 Å². The van der Waals surface area contributed by atoms with Gasteiger partial charge in [0.05, 0.1) is 0 Å². The van der Waals surface area contributed by atoms with Crippen molar-refractivity contribution in [1.29, 1.82) is 0 Å². The van der Waals surface area contributed by atoms with Gasteiger partial charge in [0.1, 0.15) is 0 Å². The molecule has 23 heavy (non-hydrogen) atoms. The molecule has 1 saturated heterocycles. The number of carbonyl (C=O) groups excluding carboxylic acids is 1. The lowest BCUT2D eigenvalue weighted by Gasteiger charge is -2.32. The predicted molar refractivity (Wildman–Crippen MR) is 97.1 cm³/mol. The van der Waals surface area contributed by atoms with Crippen molar-refractivity contribution in [3.8, 4) is 0 Å². The summed E-state index contributed by atoms with van der Waals surface area (Å²) < 4.78 is 0. The predicted octanol–water partition coefficient (Wildman–Crippen LogP) is 2.76. The lowest BCUT2D eigenvalue weighted by Crippen LogP contribution is -2.45. The van der Waals surface area contributed by atoms with Crippen LogP contribution >= 0.6 is 23.2 Å². The normalized spacial score (nSPS) is 16.8. The zero-order valence-electron chi connectivity index (χ0n) is 13.4. The van der Waals surface area contributed by atoms with Crippen molar-refractivity contribution < 1.29 is 4.79 Å². The van der Waals surface area contributed by atoms with Crippen molar-refractivity contribution in [3.63, 3.8) is 0 Å². The number of nitrogens with one attached hydrogen (secondary N) is 1. The summed E-state index contributed by atoms with van der Waals surface area (Å²) in [4.78, 5) is 16.6. The van der Waals surface area contributed by atoms with E-state index in [0.29, 0.717) is 16.6 Å². The van der Waals surface area contributed by atoms with E-state index >= 15 is 0 Å². The quantitative estimate of drug-likeness (QED) is 0.629. The van der Waals surface area contributed by atoms with Crippen LogP contribution in [0.2, 0.25) is 10.0 Å². The van der Waals surface area contributed by atoms with Crippen LogP contribution in [-0.2, 0) is 4.79 Å². The lowest BCUT2D eigenvalue weighted by atomic mass is 10.2. The topological polar surface area (TPSA) is 35.6 Å². The van der Waals surface area contributed by atoms with Gasteiger partial charge in [0.25, 0.3) is 0 Å². The first-order chi connectivity index (χ1) is 11.0. The molecule has 1 aliphatic heterocycles. The van der Waals surface area contributed by atoms with Gasteiger partial charge >= 0.3 is 0 Å². The molecule has 1 aliphatic rings. The number of nitrogens with zero attached hydrogens (tertiary/aromatic N) is 2. The number of hydrogen-bond acceptors (Lipinski definition) is 3. The SMILES string of the molecule is CN1CCN(CCCNC(=O)/C=C/c2ccc(Cl)cc2Cl)CC1. The number of likely N-dealkylation sites (N-methyl/N-ethyl adjacent to an activating group) is 1. The number of hydrogen-bond donors (Lipinski definition) is 1. The Bertz CT molecular complexity index is 555. The van der Waals surface area contributed by atoms with Crippen molar-refractivity contribution in [2.45, 2.75) is 6.42 Å². The van der Waals surface area contributed by atoms with Crippen LogP contribution in [0.4, 0.5) is 0 Å². The summed E-state index contributed by atoms with van der Waals surface area (Å²) in [6.45, 7) is 6.18. The minimum Gasteiger partial charge on any atom is -0.353 e. The standard InChI is InChI=1S/C17H23Cl2N3O/c1-21-9-11-22(12-10-21)8-2-7-20-17(23)6-4-14-3-5-15(18)13-16(14)19/h3-6,13H,2,7-12H2,1H3,(H,20,23)/b6-4+. The number of halogens is 2. The molecule has 0 spiro atoms. The molecule has 1 amide bonds. The maximum Gasteiger partial charge on any atom is 0.244 e. The van der Waals surface area contributed by atoms with Gasteiger partial charge in [-0.15, -0.1) is 0 Å². The molecule has 0 aliphatic carbocycles. The molecule has 0 unspecified atom stereocenters. The lowest BCUT2D eigenvalue weighted by molar-refractivity contribution is -0.116. The summed E-state index contributed by atoms with van der Waals surface area (Å²) in [5, 5.41) is 4.02. The summed E-state index contributed by atoms with van der Waals surface area (Å²) in [6, 6.07) is 5.21. The minimum absolute atomic E-state index is 0.102. The Morgan fingerprint density at radius 2 is 2.00 bits per heavy atom. The molecule has 1 fully saturated rings. The Balaban J connectivity index is 1.66. The van der Waals surface area contributed by atoms with Crippen LogP contribution in [0.15, 0.2) is 24.3 Å². The molecule has 1 aromatic carbocycles. The third kappa shape index (κ3) is 6.51. The Morgan fingerprint density at radius 1 is 1.26 bits per heavy atom. The Kier molecular flexibility index (Phi) is 7.37. The summed E-state index contributed by atoms with van der Waals surface area (Å²) in [7, 11) is 2.15. The van der Waals surface area contributed by atoms with Gasteiger partial charge in [0.15, 0.2) is 0 Å². The van der Waals surface area contributed by atoms with E-state index in [4.69, 9.17) is 23.2 Å². The summed E-state index contributed by atoms with van der Waals surface area (Å²) in [6.07, 6.45) is 4.17. The van der Waals surface area contributed by atoms with Gasteiger partial charge in [-0.3, -0.25) is 4.79 Å². The third-order valence-electron chi connectivity index (χ3n) is 3.92. The zero-order valence-corrected chi connectivity index (χ0v) is 14.9. The molecule has 1 N–H and O–H groups in total. The second kappa shape index (κ2) is 9.28. The third-order valence-corrected chi connectivity index (χ3v) is 4.49. The van der Waals surface area contributed by atoms with E-state index < -0.39 is 0 Å². The minimum atomic E-state index is -0.102. The molecule has 1 heterocycles. The van der Waals surface area contributed by atoms with Crippen molar-refractivity contribution >= 4 is 35.2 Å². The molecule has 0 atom stereocenters. The number of rotatable bonds is 6. The van der Waals surface area contributed by atoms with E-state index in [2.05, 4.69) is 22.2 Å². The number of benzene rings is 1. The smallest absolute Gasteiger partial charge is 0.244 e. The summed E-state index contributed by atoms with van der Waals surface area (Å²) in [5.41, 5.74) is 0.781. The van der Waals surface area contributed by atoms with E-state index in [1.165, 1.54) is 6.08 Å². The first-order valence-electron chi connectivity index (χ1n) is 7.86. The van der Waals surface area contributed by atoms with Gasteiger partial charge in [0.2, 0.25) is 5.91 Å². The molecular weight excluding hydrogens is 333 g/mol. The van der Waals surface area contributed by atoms with Gasteiger partial charge in [-0.25, -0.2) is 0 Å². The monoisotopic (exact) mass is 355 g/mol. The molecule has 2 rings (SSSR count). The molecule has 6 heteroatoms. The van der Waals surface area contributed by atoms with Crippen LogP contribution in [0, 0.1) is 0 Å². The average Bonchev–Trinajstić information content (AvgIpc) is 2.52. The van der Waals surface area contributed by atoms with Crippen LogP contribution < -0.4 is 5.32 Å². The average molecular weight is 356 g/mol. The first-order valence-corrected chi connectivity index (χ1v) is 8.62. The molecule has 126 valence electrons. The van der Waals surface area contributed by atoms with Crippen LogP contribution in [0.1, 0.15) is 12.0 Å². The van der Waals surface area contributed by atoms with Crippen LogP contribution in [0.3, 0.4) is 0 Å². The van der Waals surface area contributed by atoms with Gasteiger partial charge in [-0.2, -0.15) is 0 Å². The highest BCUT2D eigenvalue weighted by atomic mass is 35.5. The van der Waals surface area contributed by atoms with Crippen molar-refractivity contribution in [2.75, 3.05) is 46.3 Å². The van der Waals surface area contributed by atoms with Gasteiger partial charge in [0, 0.05) is 48.8 Å². The van der Waals surface area contributed by atoms with Crippen molar-refractivity contribution in [2.24, 2.45) is 0 Å². The number of carbonyl (C=O) groups is 1. The maximum atomic E-state index is 11.8. The molecule has 0 saturated carbocycles. The van der Waals surface area contributed by atoms with Gasteiger partial charge in [-0.05, 0) is 43.8 Å². The molecular formula is C17H23Cl2N3O. The molecule has 0 aromatic heterocycles. The number of amides is 1. The Hall–Kier alpha value is -1.07. The Morgan fingerprint density at radius 3 is 2.70 bits per heavy atom. The van der Waals surface area contributed by atoms with Crippen LogP contribution in [0.5, 0.6) is 0 Å². The van der Waals surface area contributed by atoms with Gasteiger partial charge < -0.3 is 15.1 Å². The molecule has 0 radical (unpaired) electrons. The highest BCUT2D eigenvalue weighted by Gasteiger charge is 2.12. The van der Waals surface area contributed by atoms with Gasteiger partial charge in [-0.1, -0.05) is 29.3 Å². The second-order valence-electron chi connectivity index (χ2n) is 5.79. The second-order valence-corrected chi connectivity index (χ2v) is 6.63. The fraction of sp³-hybridized carbons (Fsp3) is 0.471. The zero-order chi connectivity index (χ0) is 16.7. The fourth-order valence-corrected chi connectivity index (χ4v) is 2.92. The fourth-order valence-electron chi connectivity index (χ4n) is 2.45. The van der Waals surface area contributed by atoms with Crippen molar-refractivity contribution in [1.82, 2.24) is 15.1 Å². The van der Waals surface area contributed by atoms with E-state index in [1.807, 2.05) is 0 Å². The van der Waals surface area contributed by atoms with Crippen LogP contribution in [0.25, 0.3) is 6.08 Å². The highest BCUT2D eigenvalue weighted by Crippen LogP contribution is 2.21. The van der Waals surface area contributed by atoms with E-state index in [1.54, 1.807) is 24.3 Å². The van der Waals surface area contributed by atoms with Crippen molar-refractivity contribution in [3.05, 3.63) is 39.9 Å². The molecule has 1 aromatic rings. The van der Waals surface area contributed by atoms with E-state index in [0.717, 1.165) is 44.7 Å². The summed E-state index contributed by atoms with van der Waals surface area (Å²) in [5.74, 6) is -0.102. The molecule has 4 nitrogen and oxygen atoms in total. The number of piperazine rings is 1. The maximum absolute atomic E-state index is 11.8. The largest absolute Gasteiger partial charge is 0.353 e. The first kappa shape index (κ1) is 18.3. The highest BCUT2D eigenvalue weighted by molar-refractivity contribution is 6.35. The Labute approximate surface area is 148 Å². The molecule has 0 bridgehead atoms.